The van der Waals surface area contributed by atoms with Crippen molar-refractivity contribution >= 4 is 10.9 Å². The average Bonchev–Trinajstić information content (AvgIpc) is 2.90. The Morgan fingerprint density at radius 2 is 1.88 bits per heavy atom. The molecule has 0 saturated carbocycles. The van der Waals surface area contributed by atoms with Crippen molar-refractivity contribution in [3.63, 3.8) is 0 Å². The van der Waals surface area contributed by atoms with Crippen LogP contribution in [0.2, 0.25) is 0 Å². The van der Waals surface area contributed by atoms with Gasteiger partial charge in [0.1, 0.15) is 0 Å². The number of nitrogens with one attached hydrogen (secondary N) is 1. The maximum absolute atomic E-state index is 12.5. The summed E-state index contributed by atoms with van der Waals surface area (Å²) in [7, 11) is 0. The smallest absolute Gasteiger partial charge is 0.261 e. The number of aromatic nitrogens is 4. The first-order valence-corrected chi connectivity index (χ1v) is 8.22. The summed E-state index contributed by atoms with van der Waals surface area (Å²) in [6.45, 7) is 8.45. The molecule has 0 bridgehead atoms. The minimum Gasteiger partial charge on any atom is -0.333 e. The summed E-state index contributed by atoms with van der Waals surface area (Å²) >= 11 is 0. The monoisotopic (exact) mass is 325 g/mol. The Kier molecular flexibility index (Phi) is 4.76. The van der Waals surface area contributed by atoms with Gasteiger partial charge in [-0.1, -0.05) is 12.1 Å². The zero-order valence-corrected chi connectivity index (χ0v) is 14.4. The van der Waals surface area contributed by atoms with Gasteiger partial charge in [-0.25, -0.2) is 9.97 Å². The molecule has 126 valence electrons. The summed E-state index contributed by atoms with van der Waals surface area (Å²) in [6.07, 6.45) is 3.50. The molecule has 0 aliphatic heterocycles. The first-order valence-electron chi connectivity index (χ1n) is 8.22. The van der Waals surface area contributed by atoms with Crippen LogP contribution in [0, 0.1) is 13.8 Å². The first kappa shape index (κ1) is 16.4. The third kappa shape index (κ3) is 3.38. The van der Waals surface area contributed by atoms with Crippen LogP contribution in [0.4, 0.5) is 0 Å². The Hall–Kier alpha value is -2.47. The molecule has 3 aromatic rings. The van der Waals surface area contributed by atoms with Crippen LogP contribution in [0.1, 0.15) is 18.3 Å². The van der Waals surface area contributed by atoms with Gasteiger partial charge in [-0.05, 0) is 32.9 Å². The summed E-state index contributed by atoms with van der Waals surface area (Å²) in [5, 5.41) is 4.12. The summed E-state index contributed by atoms with van der Waals surface area (Å²) in [5.41, 5.74) is 3.01. The van der Waals surface area contributed by atoms with E-state index in [1.54, 1.807) is 10.9 Å². The van der Waals surface area contributed by atoms with Crippen LogP contribution < -0.4 is 10.9 Å². The maximum Gasteiger partial charge on any atom is 0.261 e. The SMILES string of the molecule is Cc1ncn(CCNC(C)Cn2cnc3ccccc3c2=O)c1C. The molecule has 1 atom stereocenters. The largest absolute Gasteiger partial charge is 0.333 e. The highest BCUT2D eigenvalue weighted by Gasteiger charge is 2.08. The van der Waals surface area contributed by atoms with E-state index in [-0.39, 0.29) is 11.6 Å². The lowest BCUT2D eigenvalue weighted by atomic mass is 10.2. The van der Waals surface area contributed by atoms with Crippen molar-refractivity contribution in [2.45, 2.75) is 39.9 Å². The number of rotatable bonds is 6. The van der Waals surface area contributed by atoms with Crippen molar-refractivity contribution in [2.75, 3.05) is 6.54 Å². The van der Waals surface area contributed by atoms with E-state index in [0.29, 0.717) is 11.9 Å². The van der Waals surface area contributed by atoms with Crippen LogP contribution in [0.25, 0.3) is 10.9 Å². The Labute approximate surface area is 141 Å². The van der Waals surface area contributed by atoms with Gasteiger partial charge in [-0.15, -0.1) is 0 Å². The van der Waals surface area contributed by atoms with E-state index in [4.69, 9.17) is 0 Å². The van der Waals surface area contributed by atoms with Crippen LogP contribution >= 0.6 is 0 Å². The van der Waals surface area contributed by atoms with Gasteiger partial charge in [0.2, 0.25) is 0 Å². The molecule has 0 saturated heterocycles. The van der Waals surface area contributed by atoms with E-state index in [2.05, 4.69) is 33.7 Å². The van der Waals surface area contributed by atoms with Crippen molar-refractivity contribution in [1.82, 2.24) is 24.4 Å². The highest BCUT2D eigenvalue weighted by molar-refractivity contribution is 5.76. The van der Waals surface area contributed by atoms with Crippen molar-refractivity contribution < 1.29 is 0 Å². The lowest BCUT2D eigenvalue weighted by molar-refractivity contribution is 0.452. The molecule has 3 rings (SSSR count). The van der Waals surface area contributed by atoms with Crippen molar-refractivity contribution in [1.29, 1.82) is 0 Å². The third-order valence-electron chi connectivity index (χ3n) is 4.39. The van der Waals surface area contributed by atoms with Crippen LogP contribution in [0.3, 0.4) is 0 Å². The van der Waals surface area contributed by atoms with Crippen LogP contribution in [-0.2, 0) is 13.1 Å². The Morgan fingerprint density at radius 3 is 2.62 bits per heavy atom. The van der Waals surface area contributed by atoms with Gasteiger partial charge >= 0.3 is 0 Å². The van der Waals surface area contributed by atoms with E-state index in [9.17, 15) is 4.79 Å². The predicted octanol–water partition coefficient (Wildman–Crippen LogP) is 1.89. The van der Waals surface area contributed by atoms with E-state index in [1.165, 1.54) is 5.69 Å². The number of benzene rings is 1. The van der Waals surface area contributed by atoms with Crippen molar-refractivity contribution in [2.24, 2.45) is 0 Å². The summed E-state index contributed by atoms with van der Waals surface area (Å²) in [6, 6.07) is 7.62. The molecule has 0 spiro atoms. The molecule has 2 aromatic heterocycles. The first-order chi connectivity index (χ1) is 11.6. The fraction of sp³-hybridized carbons (Fsp3) is 0.389. The maximum atomic E-state index is 12.5. The molecule has 2 heterocycles. The molecule has 1 aromatic carbocycles. The summed E-state index contributed by atoms with van der Waals surface area (Å²) in [5.74, 6) is 0. The van der Waals surface area contributed by atoms with Crippen LogP contribution in [0.15, 0.2) is 41.7 Å². The molecular formula is C18H23N5O. The number of aryl methyl sites for hydroxylation is 1. The molecule has 6 heteroatoms. The minimum absolute atomic E-state index is 0.00956. The molecule has 1 N–H and O–H groups in total. The van der Waals surface area contributed by atoms with Gasteiger partial charge in [0, 0.05) is 31.4 Å². The van der Waals surface area contributed by atoms with Crippen LogP contribution in [-0.4, -0.2) is 31.7 Å². The van der Waals surface area contributed by atoms with Gasteiger partial charge in [0.15, 0.2) is 0 Å². The van der Waals surface area contributed by atoms with E-state index < -0.39 is 0 Å². The number of nitrogens with zero attached hydrogens (tertiary/aromatic N) is 4. The standard InChI is InChI=1S/C18H23N5O/c1-13(19-8-9-22-11-20-14(2)15(22)3)10-23-12-21-17-7-5-4-6-16(17)18(23)24/h4-7,11-13,19H,8-10H2,1-3H3. The second kappa shape index (κ2) is 6.97. The van der Waals surface area contributed by atoms with Crippen molar-refractivity contribution in [3.8, 4) is 0 Å². The highest BCUT2D eigenvalue weighted by Crippen LogP contribution is 2.05. The molecule has 0 aliphatic carbocycles. The molecule has 1 unspecified atom stereocenters. The quantitative estimate of drug-likeness (QED) is 0.752. The highest BCUT2D eigenvalue weighted by atomic mass is 16.1. The van der Waals surface area contributed by atoms with E-state index in [0.717, 1.165) is 24.3 Å². The lowest BCUT2D eigenvalue weighted by Crippen LogP contribution is -2.36. The number of para-hydroxylation sites is 1. The van der Waals surface area contributed by atoms with E-state index >= 15 is 0 Å². The van der Waals surface area contributed by atoms with Gasteiger partial charge in [-0.2, -0.15) is 0 Å². The van der Waals surface area contributed by atoms with Crippen LogP contribution in [0.5, 0.6) is 0 Å². The van der Waals surface area contributed by atoms with Gasteiger partial charge < -0.3 is 9.88 Å². The third-order valence-corrected chi connectivity index (χ3v) is 4.39. The minimum atomic E-state index is 0.00956. The number of fused-ring (bicyclic) bond motifs is 1. The Bertz CT molecular complexity index is 896. The zero-order chi connectivity index (χ0) is 17.1. The van der Waals surface area contributed by atoms with Gasteiger partial charge in [-0.3, -0.25) is 9.36 Å². The zero-order valence-electron chi connectivity index (χ0n) is 14.4. The lowest BCUT2D eigenvalue weighted by Gasteiger charge is -2.16. The fourth-order valence-corrected chi connectivity index (χ4v) is 2.80. The van der Waals surface area contributed by atoms with Gasteiger partial charge in [0.25, 0.3) is 5.56 Å². The second-order valence-corrected chi connectivity index (χ2v) is 6.18. The predicted molar refractivity (Wildman–Crippen MR) is 95.2 cm³/mol. The molecular weight excluding hydrogens is 302 g/mol. The molecule has 0 radical (unpaired) electrons. The second-order valence-electron chi connectivity index (χ2n) is 6.18. The molecule has 24 heavy (non-hydrogen) atoms. The Balaban J connectivity index is 1.61. The van der Waals surface area contributed by atoms with Gasteiger partial charge in [0.05, 0.1) is 29.3 Å². The molecule has 0 amide bonds. The van der Waals surface area contributed by atoms with Crippen molar-refractivity contribution in [3.05, 3.63) is 58.7 Å². The number of hydrogen-bond donors (Lipinski definition) is 1. The molecule has 6 nitrogen and oxygen atoms in total. The summed E-state index contributed by atoms with van der Waals surface area (Å²) < 4.78 is 3.81. The Morgan fingerprint density at radius 1 is 1.12 bits per heavy atom. The fourth-order valence-electron chi connectivity index (χ4n) is 2.80. The molecule has 0 fully saturated rings. The topological polar surface area (TPSA) is 64.7 Å². The molecule has 0 aliphatic rings. The number of imidazole rings is 1. The summed E-state index contributed by atoms with van der Waals surface area (Å²) in [4.78, 5) is 21.2. The number of hydrogen-bond acceptors (Lipinski definition) is 4. The normalized spacial score (nSPS) is 12.6. The average molecular weight is 325 g/mol. The van der Waals surface area contributed by atoms with E-state index in [1.807, 2.05) is 37.5 Å².